The molecule has 10 unspecified atom stereocenters. The van der Waals surface area contributed by atoms with E-state index in [2.05, 4.69) is 55.4 Å². The van der Waals surface area contributed by atoms with E-state index in [-0.39, 0.29) is 11.5 Å². The summed E-state index contributed by atoms with van der Waals surface area (Å²) in [5.41, 5.74) is 1.67. The van der Waals surface area contributed by atoms with Crippen LogP contribution in [0.25, 0.3) is 0 Å². The lowest BCUT2D eigenvalue weighted by Gasteiger charge is -2.74. The van der Waals surface area contributed by atoms with Gasteiger partial charge in [-0.05, 0) is 115 Å². The molecule has 31 heavy (non-hydrogen) atoms. The van der Waals surface area contributed by atoms with Crippen LogP contribution in [0.1, 0.15) is 120 Å². The summed E-state index contributed by atoms with van der Waals surface area (Å²) in [6.45, 7) is 20.6. The van der Waals surface area contributed by atoms with Gasteiger partial charge in [0.25, 0.3) is 0 Å². The third-order valence-electron chi connectivity index (χ3n) is 13.7. The lowest BCUT2D eigenvalue weighted by Crippen LogP contribution is -2.70. The Bertz CT molecular complexity index is 724. The fraction of sp³-hybridized carbons (Fsp3) is 1.00. The fourth-order valence-corrected chi connectivity index (χ4v) is 12.1. The minimum Gasteiger partial charge on any atom is -0.393 e. The summed E-state index contributed by atoms with van der Waals surface area (Å²) in [4.78, 5) is 0. The summed E-state index contributed by atoms with van der Waals surface area (Å²) < 4.78 is 0. The molecule has 1 nitrogen and oxygen atoms in total. The SMILES string of the molecule is CC(C)C1CCC2(C)C1CCC1(C)C2CCC2C3(C)CCCC(C)(C)C3CC(O)C21C. The minimum atomic E-state index is -0.122. The predicted molar refractivity (Wildman–Crippen MR) is 131 cm³/mol. The minimum absolute atomic E-state index is 0.0818. The Morgan fingerprint density at radius 1 is 0.710 bits per heavy atom. The normalized spacial score (nSPS) is 58.3. The average Bonchev–Trinajstić information content (AvgIpc) is 3.02. The van der Waals surface area contributed by atoms with Crippen molar-refractivity contribution >= 4 is 0 Å². The topological polar surface area (TPSA) is 20.2 Å². The molecule has 0 saturated heterocycles. The Hall–Kier alpha value is -0.0400. The second-order valence-corrected chi connectivity index (χ2v) is 15.1. The Morgan fingerprint density at radius 2 is 1.39 bits per heavy atom. The molecule has 0 aliphatic heterocycles. The van der Waals surface area contributed by atoms with E-state index in [1.54, 1.807) is 0 Å². The third-order valence-corrected chi connectivity index (χ3v) is 13.7. The molecule has 0 aromatic rings. The van der Waals surface area contributed by atoms with Crippen LogP contribution in [0.2, 0.25) is 0 Å². The molecule has 0 aromatic heterocycles. The fourth-order valence-electron chi connectivity index (χ4n) is 12.1. The Kier molecular flexibility index (Phi) is 4.96. The van der Waals surface area contributed by atoms with Crippen LogP contribution >= 0.6 is 0 Å². The van der Waals surface area contributed by atoms with Crippen molar-refractivity contribution in [2.24, 2.45) is 62.6 Å². The molecule has 1 heteroatoms. The van der Waals surface area contributed by atoms with Crippen LogP contribution in [0.3, 0.4) is 0 Å². The van der Waals surface area contributed by atoms with E-state index in [1.807, 2.05) is 0 Å². The van der Waals surface area contributed by atoms with Gasteiger partial charge in [-0.2, -0.15) is 0 Å². The summed E-state index contributed by atoms with van der Waals surface area (Å²) in [6, 6.07) is 0. The molecule has 178 valence electrons. The molecule has 0 heterocycles. The van der Waals surface area contributed by atoms with Crippen molar-refractivity contribution in [3.63, 3.8) is 0 Å². The van der Waals surface area contributed by atoms with Crippen LogP contribution in [0.5, 0.6) is 0 Å². The quantitative estimate of drug-likeness (QED) is 0.447. The second kappa shape index (κ2) is 6.76. The lowest BCUT2D eigenvalue weighted by atomic mass is 9.31. The predicted octanol–water partition coefficient (Wildman–Crippen LogP) is 8.10. The molecule has 1 N–H and O–H groups in total. The molecule has 5 saturated carbocycles. The maximum absolute atomic E-state index is 12.0. The molecule has 5 aliphatic carbocycles. The van der Waals surface area contributed by atoms with Crippen molar-refractivity contribution in [1.82, 2.24) is 0 Å². The molecule has 0 bridgehead atoms. The van der Waals surface area contributed by atoms with E-state index >= 15 is 0 Å². The highest BCUT2D eigenvalue weighted by Crippen LogP contribution is 2.77. The highest BCUT2D eigenvalue weighted by Gasteiger charge is 2.72. The van der Waals surface area contributed by atoms with Gasteiger partial charge in [-0.15, -0.1) is 0 Å². The second-order valence-electron chi connectivity index (χ2n) is 15.1. The van der Waals surface area contributed by atoms with Crippen molar-refractivity contribution in [1.29, 1.82) is 0 Å². The average molecular weight is 429 g/mol. The van der Waals surface area contributed by atoms with E-state index in [1.165, 1.54) is 57.8 Å². The van der Waals surface area contributed by atoms with Crippen molar-refractivity contribution < 1.29 is 5.11 Å². The van der Waals surface area contributed by atoms with Gasteiger partial charge >= 0.3 is 0 Å². The molecule has 0 amide bonds. The van der Waals surface area contributed by atoms with E-state index in [0.29, 0.717) is 33.5 Å². The van der Waals surface area contributed by atoms with Crippen molar-refractivity contribution in [2.75, 3.05) is 0 Å². The molecule has 5 rings (SSSR count). The van der Waals surface area contributed by atoms with E-state index in [9.17, 15) is 5.11 Å². The number of rotatable bonds is 1. The van der Waals surface area contributed by atoms with Crippen molar-refractivity contribution in [2.45, 2.75) is 126 Å². The molecular weight excluding hydrogens is 376 g/mol. The largest absolute Gasteiger partial charge is 0.393 e. The number of fused-ring (bicyclic) bond motifs is 7. The maximum Gasteiger partial charge on any atom is 0.0605 e. The first-order valence-electron chi connectivity index (χ1n) is 14.0. The highest BCUT2D eigenvalue weighted by atomic mass is 16.3. The van der Waals surface area contributed by atoms with E-state index in [0.717, 1.165) is 30.1 Å². The standard InChI is InChI=1S/C30H52O/c1-19(2)20-12-16-27(5)21(20)13-17-29(7)22(27)10-11-23-28(6)15-9-14-26(3,4)24(28)18-25(31)30(23,29)8/h19-25,31H,9-18H2,1-8H3. The van der Waals surface area contributed by atoms with Gasteiger partial charge < -0.3 is 5.11 Å². The zero-order chi connectivity index (χ0) is 22.6. The molecular formula is C30H52O. The third kappa shape index (κ3) is 2.65. The van der Waals surface area contributed by atoms with Gasteiger partial charge in [-0.25, -0.2) is 0 Å². The molecule has 0 radical (unpaired) electrons. The van der Waals surface area contributed by atoms with Crippen LogP contribution < -0.4 is 0 Å². The Balaban J connectivity index is 1.56. The van der Waals surface area contributed by atoms with Gasteiger partial charge in [0.2, 0.25) is 0 Å². The van der Waals surface area contributed by atoms with Crippen LogP contribution in [-0.2, 0) is 0 Å². The number of hydrogen-bond donors (Lipinski definition) is 1. The summed E-state index contributed by atoms with van der Waals surface area (Å²) in [6.07, 6.45) is 13.5. The summed E-state index contributed by atoms with van der Waals surface area (Å²) >= 11 is 0. The van der Waals surface area contributed by atoms with Gasteiger partial charge in [0, 0.05) is 5.41 Å². The molecule has 5 fully saturated rings. The summed E-state index contributed by atoms with van der Waals surface area (Å²) in [5, 5.41) is 12.0. The zero-order valence-electron chi connectivity index (χ0n) is 22.1. The first-order chi connectivity index (χ1) is 14.3. The van der Waals surface area contributed by atoms with Crippen LogP contribution in [0, 0.1) is 62.6 Å². The molecule has 10 atom stereocenters. The zero-order valence-corrected chi connectivity index (χ0v) is 22.1. The first kappa shape index (κ1) is 22.7. The molecule has 0 aromatic carbocycles. The van der Waals surface area contributed by atoms with Crippen molar-refractivity contribution in [3.05, 3.63) is 0 Å². The van der Waals surface area contributed by atoms with Gasteiger partial charge in [-0.3, -0.25) is 0 Å². The number of aliphatic hydroxyl groups is 1. The summed E-state index contributed by atoms with van der Waals surface area (Å²) in [5.74, 6) is 4.85. The smallest absolute Gasteiger partial charge is 0.0605 e. The molecule has 5 aliphatic rings. The molecule has 0 spiro atoms. The van der Waals surface area contributed by atoms with Gasteiger partial charge in [0.1, 0.15) is 0 Å². The van der Waals surface area contributed by atoms with Crippen LogP contribution in [-0.4, -0.2) is 11.2 Å². The Morgan fingerprint density at radius 3 is 2.06 bits per heavy atom. The maximum atomic E-state index is 12.0. The highest BCUT2D eigenvalue weighted by molar-refractivity contribution is 5.21. The van der Waals surface area contributed by atoms with Crippen LogP contribution in [0.15, 0.2) is 0 Å². The number of aliphatic hydroxyl groups excluding tert-OH is 1. The van der Waals surface area contributed by atoms with Crippen molar-refractivity contribution in [3.8, 4) is 0 Å². The summed E-state index contributed by atoms with van der Waals surface area (Å²) in [7, 11) is 0. The van der Waals surface area contributed by atoms with Gasteiger partial charge in [-0.1, -0.05) is 61.8 Å². The monoisotopic (exact) mass is 428 g/mol. The Labute approximate surface area is 193 Å². The lowest BCUT2D eigenvalue weighted by molar-refractivity contribution is -0.279. The van der Waals surface area contributed by atoms with E-state index in [4.69, 9.17) is 0 Å². The first-order valence-corrected chi connectivity index (χ1v) is 14.0. The van der Waals surface area contributed by atoms with E-state index < -0.39 is 0 Å². The van der Waals surface area contributed by atoms with Crippen LogP contribution in [0.4, 0.5) is 0 Å². The van der Waals surface area contributed by atoms with Gasteiger partial charge in [0.15, 0.2) is 0 Å². The van der Waals surface area contributed by atoms with Gasteiger partial charge in [0.05, 0.1) is 6.10 Å². The number of hydrogen-bond acceptors (Lipinski definition) is 1.